The van der Waals surface area contributed by atoms with Crippen LogP contribution in [0.2, 0.25) is 0 Å². The molecule has 0 saturated carbocycles. The number of piperidine rings is 1. The number of fused-ring (bicyclic) bond motifs is 1. The van der Waals surface area contributed by atoms with Crippen molar-refractivity contribution in [2.75, 3.05) is 6.54 Å². The molecule has 1 N–H and O–H groups in total. The van der Waals surface area contributed by atoms with E-state index >= 15 is 0 Å². The molecular weight excluding hydrogens is 338 g/mol. The predicted molar refractivity (Wildman–Crippen MR) is 98.8 cm³/mol. The lowest BCUT2D eigenvalue weighted by Crippen LogP contribution is -3.12. The first-order valence-corrected chi connectivity index (χ1v) is 9.81. The zero-order valence-corrected chi connectivity index (χ0v) is 15.4. The van der Waals surface area contributed by atoms with Gasteiger partial charge in [-0.3, -0.25) is 0 Å². The number of nitrogens with one attached hydrogen (secondary N) is 1. The fraction of sp³-hybridized carbons (Fsp3) is 0.471. The van der Waals surface area contributed by atoms with E-state index in [1.807, 2.05) is 26.9 Å². The van der Waals surface area contributed by atoms with Gasteiger partial charge in [-0.15, -0.1) is 11.3 Å². The zero-order valence-electron chi connectivity index (χ0n) is 13.8. The Hall–Kier alpha value is -1.57. The molecular formula is C17H22N5S2+. The second-order valence-electron chi connectivity index (χ2n) is 6.33. The van der Waals surface area contributed by atoms with Crippen LogP contribution in [0.15, 0.2) is 30.6 Å². The Kier molecular flexibility index (Phi) is 4.47. The van der Waals surface area contributed by atoms with E-state index in [1.54, 1.807) is 0 Å². The normalized spacial score (nSPS) is 21.4. The molecule has 126 valence electrons. The smallest absolute Gasteiger partial charge is 0.202 e. The van der Waals surface area contributed by atoms with Gasteiger partial charge in [0.1, 0.15) is 12.4 Å². The molecule has 1 fully saturated rings. The van der Waals surface area contributed by atoms with Gasteiger partial charge in [-0.25, -0.2) is 4.98 Å². The van der Waals surface area contributed by atoms with Crippen LogP contribution in [0.5, 0.6) is 0 Å². The Morgan fingerprint density at radius 1 is 1.33 bits per heavy atom. The van der Waals surface area contributed by atoms with E-state index in [1.165, 1.54) is 33.9 Å². The maximum Gasteiger partial charge on any atom is 0.202 e. The Bertz CT molecular complexity index is 861. The summed E-state index contributed by atoms with van der Waals surface area (Å²) in [6.45, 7) is 4.95. The number of thiazole rings is 1. The van der Waals surface area contributed by atoms with Crippen molar-refractivity contribution in [3.63, 3.8) is 0 Å². The Balaban J connectivity index is 1.62. The van der Waals surface area contributed by atoms with Crippen LogP contribution in [-0.4, -0.2) is 25.9 Å². The molecule has 0 bridgehead atoms. The van der Waals surface area contributed by atoms with Gasteiger partial charge in [-0.05, 0) is 44.1 Å². The molecule has 3 heterocycles. The first-order valence-electron chi connectivity index (χ1n) is 8.58. The second-order valence-corrected chi connectivity index (χ2v) is 7.76. The molecule has 0 spiro atoms. The van der Waals surface area contributed by atoms with Gasteiger partial charge in [-0.2, -0.15) is 9.78 Å². The molecule has 1 aromatic carbocycles. The van der Waals surface area contributed by atoms with Gasteiger partial charge in [-0.1, -0.05) is 12.1 Å². The van der Waals surface area contributed by atoms with Crippen LogP contribution in [0, 0.1) is 4.77 Å². The van der Waals surface area contributed by atoms with E-state index in [-0.39, 0.29) is 0 Å². The maximum atomic E-state index is 5.54. The van der Waals surface area contributed by atoms with Crippen LogP contribution in [-0.2, 0) is 13.2 Å². The first-order chi connectivity index (χ1) is 11.8. The van der Waals surface area contributed by atoms with Crippen LogP contribution in [0.3, 0.4) is 0 Å². The lowest BCUT2D eigenvalue weighted by atomic mass is 10.0. The van der Waals surface area contributed by atoms with Crippen molar-refractivity contribution >= 4 is 33.8 Å². The summed E-state index contributed by atoms with van der Waals surface area (Å²) < 4.78 is 6.09. The third-order valence-corrected chi connectivity index (χ3v) is 6.43. The molecule has 24 heavy (non-hydrogen) atoms. The van der Waals surface area contributed by atoms with Crippen molar-refractivity contribution in [3.8, 4) is 0 Å². The quantitative estimate of drug-likeness (QED) is 0.728. The van der Waals surface area contributed by atoms with E-state index in [0.717, 1.165) is 30.0 Å². The van der Waals surface area contributed by atoms with Crippen molar-refractivity contribution < 1.29 is 4.90 Å². The second kappa shape index (κ2) is 6.74. The van der Waals surface area contributed by atoms with E-state index in [9.17, 15) is 0 Å². The molecule has 1 aliphatic rings. The summed E-state index contributed by atoms with van der Waals surface area (Å²) in [5, 5.41) is 5.75. The van der Waals surface area contributed by atoms with Crippen LogP contribution in [0.4, 0.5) is 0 Å². The molecule has 3 aromatic rings. The number of benzene rings is 1. The Morgan fingerprint density at radius 2 is 2.21 bits per heavy atom. The summed E-state index contributed by atoms with van der Waals surface area (Å²) in [5.74, 6) is 0. The number of aryl methyl sites for hydroxylation is 1. The molecule has 2 atom stereocenters. The van der Waals surface area contributed by atoms with E-state index in [0.29, 0.717) is 6.04 Å². The summed E-state index contributed by atoms with van der Waals surface area (Å²) in [6, 6.07) is 8.87. The number of para-hydroxylation sites is 1. The van der Waals surface area contributed by atoms with Crippen LogP contribution < -0.4 is 4.90 Å². The van der Waals surface area contributed by atoms with Gasteiger partial charge in [0.2, 0.25) is 4.77 Å². The van der Waals surface area contributed by atoms with Crippen molar-refractivity contribution in [1.82, 2.24) is 19.3 Å². The highest BCUT2D eigenvalue weighted by Gasteiger charge is 2.31. The standard InChI is InChI=1S/C17H21N5S2/c1-2-20-11-18-22(17(20)23)12-21-10-6-5-8-14(21)16-19-13-7-3-4-9-15(13)24-16/h3-4,7,9,11,14H,2,5-6,8,10,12H2,1H3/p+1/t14-/m0/s1. The van der Waals surface area contributed by atoms with Gasteiger partial charge in [0.25, 0.3) is 0 Å². The lowest BCUT2D eigenvalue weighted by Gasteiger charge is -2.30. The number of nitrogens with zero attached hydrogens (tertiary/aromatic N) is 4. The minimum Gasteiger partial charge on any atom is -0.308 e. The number of hydrogen-bond acceptors (Lipinski definition) is 4. The summed E-state index contributed by atoms with van der Waals surface area (Å²) in [7, 11) is 0. The molecule has 2 aromatic heterocycles. The van der Waals surface area contributed by atoms with Gasteiger partial charge < -0.3 is 9.47 Å². The number of hydrogen-bond donors (Lipinski definition) is 1. The third-order valence-electron chi connectivity index (χ3n) is 4.83. The van der Waals surface area contributed by atoms with Crippen LogP contribution >= 0.6 is 23.6 Å². The van der Waals surface area contributed by atoms with Crippen LogP contribution in [0.1, 0.15) is 37.2 Å². The summed E-state index contributed by atoms with van der Waals surface area (Å²) in [5.41, 5.74) is 1.12. The minimum absolute atomic E-state index is 0.449. The molecule has 0 aliphatic carbocycles. The van der Waals surface area contributed by atoms with Crippen molar-refractivity contribution in [2.24, 2.45) is 0 Å². The average Bonchev–Trinajstić information content (AvgIpc) is 3.19. The average molecular weight is 361 g/mol. The third kappa shape index (κ3) is 2.92. The van der Waals surface area contributed by atoms with Crippen molar-refractivity contribution in [2.45, 2.75) is 45.4 Å². The summed E-state index contributed by atoms with van der Waals surface area (Å²) in [4.78, 5) is 6.43. The monoisotopic (exact) mass is 360 g/mol. The fourth-order valence-corrected chi connectivity index (χ4v) is 4.94. The number of aromatic nitrogens is 4. The van der Waals surface area contributed by atoms with E-state index in [2.05, 4.69) is 36.3 Å². The molecule has 1 aliphatic heterocycles. The fourth-order valence-electron chi connectivity index (χ4n) is 3.49. The largest absolute Gasteiger partial charge is 0.308 e. The highest BCUT2D eigenvalue weighted by molar-refractivity contribution is 7.71. The first kappa shape index (κ1) is 15.9. The Labute approximate surface area is 150 Å². The van der Waals surface area contributed by atoms with Crippen molar-refractivity contribution in [1.29, 1.82) is 0 Å². The molecule has 4 rings (SSSR count). The van der Waals surface area contributed by atoms with Gasteiger partial charge in [0.15, 0.2) is 11.7 Å². The molecule has 1 saturated heterocycles. The molecule has 0 radical (unpaired) electrons. The summed E-state index contributed by atoms with van der Waals surface area (Å²) >= 11 is 7.38. The molecule has 5 nitrogen and oxygen atoms in total. The SMILES string of the molecule is CCn1cnn(C[NH+]2CCCC[C@H]2c2nc3ccccc3s2)c1=S. The molecule has 1 unspecified atom stereocenters. The number of likely N-dealkylation sites (tertiary alicyclic amines) is 1. The van der Waals surface area contributed by atoms with Gasteiger partial charge in [0, 0.05) is 13.0 Å². The van der Waals surface area contributed by atoms with Crippen LogP contribution in [0.25, 0.3) is 10.2 Å². The maximum absolute atomic E-state index is 5.54. The molecule has 0 amide bonds. The Morgan fingerprint density at radius 3 is 3.00 bits per heavy atom. The van der Waals surface area contributed by atoms with Crippen molar-refractivity contribution in [3.05, 3.63) is 40.4 Å². The van der Waals surface area contributed by atoms with Gasteiger partial charge >= 0.3 is 0 Å². The predicted octanol–water partition coefficient (Wildman–Crippen LogP) is 2.81. The highest BCUT2D eigenvalue weighted by Crippen LogP contribution is 2.28. The lowest BCUT2D eigenvalue weighted by molar-refractivity contribution is -0.959. The van der Waals surface area contributed by atoms with E-state index < -0.39 is 0 Å². The topological polar surface area (TPSA) is 40.1 Å². The highest BCUT2D eigenvalue weighted by atomic mass is 32.1. The zero-order chi connectivity index (χ0) is 16.5. The number of quaternary nitrogens is 1. The number of rotatable bonds is 4. The minimum atomic E-state index is 0.449. The van der Waals surface area contributed by atoms with E-state index in [4.69, 9.17) is 17.2 Å². The van der Waals surface area contributed by atoms with Gasteiger partial charge in [0.05, 0.1) is 16.8 Å². The summed E-state index contributed by atoms with van der Waals surface area (Å²) in [6.07, 6.45) is 5.58. The molecule has 7 heteroatoms.